The number of nitrogens with zero attached hydrogens (tertiary/aromatic N) is 1. The van der Waals surface area contributed by atoms with E-state index in [1.54, 1.807) is 13.2 Å². The van der Waals surface area contributed by atoms with E-state index in [1.807, 2.05) is 24.3 Å². The number of carboxylic acids is 1. The first-order valence-electron chi connectivity index (χ1n) is 5.85. The Balaban J connectivity index is 2.23. The first kappa shape index (κ1) is 14.3. The molecule has 2 rings (SSSR count). The number of nitrogens with one attached hydrogen (secondary N) is 1. The van der Waals surface area contributed by atoms with Crippen LogP contribution in [0.25, 0.3) is 0 Å². The first-order valence-corrected chi connectivity index (χ1v) is 6.22. The predicted molar refractivity (Wildman–Crippen MR) is 76.6 cm³/mol. The van der Waals surface area contributed by atoms with E-state index in [0.29, 0.717) is 12.4 Å². The SMILES string of the molecule is COCc1cccc(Nc2ccc(Cl)c(C(=O)O)n2)c1. The van der Waals surface area contributed by atoms with Gasteiger partial charge >= 0.3 is 5.97 Å². The average molecular weight is 293 g/mol. The fraction of sp³-hybridized carbons (Fsp3) is 0.143. The van der Waals surface area contributed by atoms with Crippen LogP contribution in [-0.4, -0.2) is 23.2 Å². The predicted octanol–water partition coefficient (Wildman–Crippen LogP) is 3.32. The van der Waals surface area contributed by atoms with E-state index in [1.165, 1.54) is 6.07 Å². The number of benzene rings is 1. The summed E-state index contributed by atoms with van der Waals surface area (Å²) in [4.78, 5) is 14.9. The van der Waals surface area contributed by atoms with Crippen LogP contribution < -0.4 is 5.32 Å². The van der Waals surface area contributed by atoms with Gasteiger partial charge in [-0.3, -0.25) is 0 Å². The highest BCUT2D eigenvalue weighted by Gasteiger charge is 2.11. The van der Waals surface area contributed by atoms with Crippen LogP contribution in [0.3, 0.4) is 0 Å². The van der Waals surface area contributed by atoms with E-state index >= 15 is 0 Å². The molecule has 0 bridgehead atoms. The number of rotatable bonds is 5. The van der Waals surface area contributed by atoms with Crippen LogP contribution in [0.4, 0.5) is 11.5 Å². The Hall–Kier alpha value is -2.11. The molecule has 0 radical (unpaired) electrons. The molecular formula is C14H13ClN2O3. The molecule has 0 saturated carbocycles. The number of hydrogen-bond donors (Lipinski definition) is 2. The number of aromatic carboxylic acids is 1. The van der Waals surface area contributed by atoms with Gasteiger partial charge in [0.05, 0.1) is 11.6 Å². The minimum Gasteiger partial charge on any atom is -0.476 e. The first-order chi connectivity index (χ1) is 9.60. The number of methoxy groups -OCH3 is 1. The van der Waals surface area contributed by atoms with Crippen molar-refractivity contribution in [3.05, 3.63) is 52.7 Å². The van der Waals surface area contributed by atoms with Gasteiger partial charge in [-0.2, -0.15) is 0 Å². The number of ether oxygens (including phenoxy) is 1. The summed E-state index contributed by atoms with van der Waals surface area (Å²) in [6.07, 6.45) is 0. The van der Waals surface area contributed by atoms with Crippen LogP contribution in [0, 0.1) is 0 Å². The second kappa shape index (κ2) is 6.36. The van der Waals surface area contributed by atoms with Gasteiger partial charge in [-0.1, -0.05) is 23.7 Å². The molecule has 5 nitrogen and oxygen atoms in total. The molecule has 20 heavy (non-hydrogen) atoms. The highest BCUT2D eigenvalue weighted by Crippen LogP contribution is 2.20. The summed E-state index contributed by atoms with van der Waals surface area (Å²) < 4.78 is 5.06. The maximum atomic E-state index is 11.0. The number of halogens is 1. The lowest BCUT2D eigenvalue weighted by molar-refractivity contribution is 0.0691. The molecule has 0 aliphatic rings. The van der Waals surface area contributed by atoms with Crippen LogP contribution in [-0.2, 0) is 11.3 Å². The van der Waals surface area contributed by atoms with E-state index in [0.717, 1.165) is 11.3 Å². The Kier molecular flexibility index (Phi) is 4.55. The number of aromatic nitrogens is 1. The lowest BCUT2D eigenvalue weighted by atomic mass is 10.2. The molecule has 104 valence electrons. The summed E-state index contributed by atoms with van der Waals surface area (Å²) in [5, 5.41) is 12.1. The van der Waals surface area contributed by atoms with Crippen LogP contribution in [0.15, 0.2) is 36.4 Å². The van der Waals surface area contributed by atoms with Crippen LogP contribution in [0.2, 0.25) is 5.02 Å². The normalized spacial score (nSPS) is 10.3. The van der Waals surface area contributed by atoms with E-state index < -0.39 is 5.97 Å². The minimum absolute atomic E-state index is 0.108. The van der Waals surface area contributed by atoms with Crippen LogP contribution >= 0.6 is 11.6 Å². The Morgan fingerprint density at radius 3 is 2.90 bits per heavy atom. The second-order valence-electron chi connectivity index (χ2n) is 4.09. The molecule has 6 heteroatoms. The summed E-state index contributed by atoms with van der Waals surface area (Å²) in [6.45, 7) is 0.504. The number of hydrogen-bond acceptors (Lipinski definition) is 4. The summed E-state index contributed by atoms with van der Waals surface area (Å²) in [5.41, 5.74) is 1.63. The Morgan fingerprint density at radius 2 is 2.20 bits per heavy atom. The summed E-state index contributed by atoms with van der Waals surface area (Å²) in [5.74, 6) is -0.742. The Bertz CT molecular complexity index is 632. The molecule has 0 amide bonds. The monoisotopic (exact) mass is 292 g/mol. The van der Waals surface area contributed by atoms with Crippen LogP contribution in [0.1, 0.15) is 16.1 Å². The zero-order chi connectivity index (χ0) is 14.5. The van der Waals surface area contributed by atoms with Crippen molar-refractivity contribution in [1.82, 2.24) is 4.98 Å². The third-order valence-electron chi connectivity index (χ3n) is 2.56. The number of pyridine rings is 1. The average Bonchev–Trinajstić information content (AvgIpc) is 2.41. The molecule has 0 spiro atoms. The number of carboxylic acid groups (broad SMARTS) is 1. The summed E-state index contributed by atoms with van der Waals surface area (Å²) >= 11 is 5.77. The van der Waals surface area contributed by atoms with Crippen molar-refractivity contribution in [3.8, 4) is 0 Å². The van der Waals surface area contributed by atoms with Gasteiger partial charge in [0.25, 0.3) is 0 Å². The maximum Gasteiger partial charge on any atom is 0.356 e. The number of carbonyl (C=O) groups is 1. The van der Waals surface area contributed by atoms with E-state index in [-0.39, 0.29) is 10.7 Å². The van der Waals surface area contributed by atoms with E-state index in [9.17, 15) is 4.79 Å². The van der Waals surface area contributed by atoms with Gasteiger partial charge in [-0.05, 0) is 29.8 Å². The smallest absolute Gasteiger partial charge is 0.356 e. The standard InChI is InChI=1S/C14H13ClN2O3/c1-20-8-9-3-2-4-10(7-9)16-12-6-5-11(15)13(17-12)14(18)19/h2-7H,8H2,1H3,(H,16,17)(H,18,19). The van der Waals surface area contributed by atoms with Crippen molar-refractivity contribution in [3.63, 3.8) is 0 Å². The molecule has 0 aliphatic carbocycles. The fourth-order valence-electron chi connectivity index (χ4n) is 1.72. The molecule has 1 aromatic heterocycles. The molecule has 0 fully saturated rings. The molecule has 1 aromatic carbocycles. The van der Waals surface area contributed by atoms with Crippen molar-refractivity contribution in [1.29, 1.82) is 0 Å². The maximum absolute atomic E-state index is 11.0. The van der Waals surface area contributed by atoms with Crippen molar-refractivity contribution < 1.29 is 14.6 Å². The molecule has 0 atom stereocenters. The van der Waals surface area contributed by atoms with Crippen molar-refractivity contribution in [2.45, 2.75) is 6.61 Å². The largest absolute Gasteiger partial charge is 0.476 e. The molecule has 0 saturated heterocycles. The van der Waals surface area contributed by atoms with Crippen LogP contribution in [0.5, 0.6) is 0 Å². The zero-order valence-electron chi connectivity index (χ0n) is 10.8. The lowest BCUT2D eigenvalue weighted by Crippen LogP contribution is -2.04. The van der Waals surface area contributed by atoms with Crippen molar-refractivity contribution in [2.24, 2.45) is 0 Å². The highest BCUT2D eigenvalue weighted by molar-refractivity contribution is 6.33. The topological polar surface area (TPSA) is 71.5 Å². The third kappa shape index (κ3) is 3.46. The van der Waals surface area contributed by atoms with Gasteiger partial charge in [-0.25, -0.2) is 9.78 Å². The van der Waals surface area contributed by atoms with Gasteiger partial charge in [0.15, 0.2) is 5.69 Å². The number of anilines is 2. The van der Waals surface area contributed by atoms with Gasteiger partial charge in [0.1, 0.15) is 5.82 Å². The van der Waals surface area contributed by atoms with E-state index in [4.69, 9.17) is 21.4 Å². The van der Waals surface area contributed by atoms with E-state index in [2.05, 4.69) is 10.3 Å². The minimum atomic E-state index is -1.16. The van der Waals surface area contributed by atoms with Gasteiger partial charge in [0, 0.05) is 12.8 Å². The molecule has 2 aromatic rings. The summed E-state index contributed by atoms with van der Waals surface area (Å²) in [6, 6.07) is 10.7. The Labute approximate surface area is 121 Å². The van der Waals surface area contributed by atoms with Crippen molar-refractivity contribution >= 4 is 29.1 Å². The van der Waals surface area contributed by atoms with Crippen molar-refractivity contribution in [2.75, 3.05) is 12.4 Å². The van der Waals surface area contributed by atoms with Gasteiger partial charge in [0.2, 0.25) is 0 Å². The van der Waals surface area contributed by atoms with Gasteiger partial charge in [-0.15, -0.1) is 0 Å². The quantitative estimate of drug-likeness (QED) is 0.884. The molecule has 0 unspecified atom stereocenters. The lowest BCUT2D eigenvalue weighted by Gasteiger charge is -2.08. The molecular weight excluding hydrogens is 280 g/mol. The zero-order valence-corrected chi connectivity index (χ0v) is 11.5. The fourth-order valence-corrected chi connectivity index (χ4v) is 1.90. The second-order valence-corrected chi connectivity index (χ2v) is 4.50. The molecule has 2 N–H and O–H groups in total. The Morgan fingerprint density at radius 1 is 1.40 bits per heavy atom. The summed E-state index contributed by atoms with van der Waals surface area (Å²) in [7, 11) is 1.62. The molecule has 0 aliphatic heterocycles. The highest BCUT2D eigenvalue weighted by atomic mass is 35.5. The molecule has 1 heterocycles. The third-order valence-corrected chi connectivity index (χ3v) is 2.86. The van der Waals surface area contributed by atoms with Gasteiger partial charge < -0.3 is 15.2 Å².